The molecule has 17 heavy (non-hydrogen) atoms. The summed E-state index contributed by atoms with van der Waals surface area (Å²) in [4.78, 5) is 14.7. The van der Waals surface area contributed by atoms with Crippen molar-refractivity contribution in [3.05, 3.63) is 59.9 Å². The second-order valence-electron chi connectivity index (χ2n) is 3.59. The Bertz CT molecular complexity index is 512. The van der Waals surface area contributed by atoms with Gasteiger partial charge in [0.15, 0.2) is 0 Å². The van der Waals surface area contributed by atoms with Crippen LogP contribution in [-0.2, 0) is 6.54 Å². The number of aromatic nitrogens is 1. The van der Waals surface area contributed by atoms with Crippen LogP contribution in [0.2, 0.25) is 0 Å². The predicted octanol–water partition coefficient (Wildman–Crippen LogP) is 2.39. The van der Waals surface area contributed by atoms with Gasteiger partial charge in [-0.05, 0) is 29.8 Å². The van der Waals surface area contributed by atoms with E-state index in [1.165, 1.54) is 0 Å². The van der Waals surface area contributed by atoms with E-state index in [9.17, 15) is 4.79 Å². The summed E-state index contributed by atoms with van der Waals surface area (Å²) in [5.74, 6) is -0.907. The largest absolute Gasteiger partial charge is 0.478 e. The fraction of sp³-hybridized carbons (Fsp3) is 0.0769. The van der Waals surface area contributed by atoms with E-state index < -0.39 is 5.97 Å². The maximum atomic E-state index is 10.8. The average Bonchev–Trinajstić information content (AvgIpc) is 2.38. The Balaban J connectivity index is 2.04. The predicted molar refractivity (Wildman–Crippen MR) is 65.0 cm³/mol. The van der Waals surface area contributed by atoms with Gasteiger partial charge >= 0.3 is 5.97 Å². The maximum Gasteiger partial charge on any atom is 0.335 e. The van der Waals surface area contributed by atoms with Gasteiger partial charge in [0.1, 0.15) is 0 Å². The van der Waals surface area contributed by atoms with E-state index in [0.717, 1.165) is 11.3 Å². The molecule has 0 atom stereocenters. The van der Waals surface area contributed by atoms with Crippen LogP contribution in [0.25, 0.3) is 0 Å². The Labute approximate surface area is 98.9 Å². The van der Waals surface area contributed by atoms with Gasteiger partial charge in [0.05, 0.1) is 5.56 Å². The number of carbonyl (C=O) groups is 1. The zero-order valence-electron chi connectivity index (χ0n) is 9.13. The van der Waals surface area contributed by atoms with Crippen LogP contribution in [0.5, 0.6) is 0 Å². The van der Waals surface area contributed by atoms with Gasteiger partial charge in [-0.2, -0.15) is 0 Å². The monoisotopic (exact) mass is 228 g/mol. The number of hydrogen-bond acceptors (Lipinski definition) is 3. The van der Waals surface area contributed by atoms with Gasteiger partial charge in [-0.1, -0.05) is 12.1 Å². The van der Waals surface area contributed by atoms with E-state index >= 15 is 0 Å². The van der Waals surface area contributed by atoms with E-state index in [-0.39, 0.29) is 0 Å². The standard InChI is InChI=1S/C13H12N2O2/c16-13(17)11-3-1-2-10(8-11)9-15-12-4-6-14-7-5-12/h1-8H,9H2,(H,14,15)(H,16,17). The highest BCUT2D eigenvalue weighted by Crippen LogP contribution is 2.09. The quantitative estimate of drug-likeness (QED) is 0.843. The molecule has 0 bridgehead atoms. The number of pyridine rings is 1. The molecule has 4 heteroatoms. The molecule has 2 aromatic rings. The van der Waals surface area contributed by atoms with Crippen LogP contribution in [0.1, 0.15) is 15.9 Å². The summed E-state index contributed by atoms with van der Waals surface area (Å²) in [5, 5.41) is 12.1. The summed E-state index contributed by atoms with van der Waals surface area (Å²) in [7, 11) is 0. The number of anilines is 1. The molecule has 2 rings (SSSR count). The van der Waals surface area contributed by atoms with Gasteiger partial charge in [-0.3, -0.25) is 4.98 Å². The SMILES string of the molecule is O=C(O)c1cccc(CNc2ccncc2)c1. The molecule has 2 N–H and O–H groups in total. The smallest absolute Gasteiger partial charge is 0.335 e. The first-order chi connectivity index (χ1) is 8.25. The molecular weight excluding hydrogens is 216 g/mol. The van der Waals surface area contributed by atoms with Crippen molar-refractivity contribution in [1.29, 1.82) is 0 Å². The van der Waals surface area contributed by atoms with Crippen LogP contribution in [-0.4, -0.2) is 16.1 Å². The number of hydrogen-bond donors (Lipinski definition) is 2. The lowest BCUT2D eigenvalue weighted by Gasteiger charge is -2.06. The summed E-state index contributed by atoms with van der Waals surface area (Å²) in [6.07, 6.45) is 3.41. The number of aromatic carboxylic acids is 1. The van der Waals surface area contributed by atoms with Crippen LogP contribution >= 0.6 is 0 Å². The highest BCUT2D eigenvalue weighted by atomic mass is 16.4. The number of carboxylic acid groups (broad SMARTS) is 1. The summed E-state index contributed by atoms with van der Waals surface area (Å²) in [6, 6.07) is 10.6. The van der Waals surface area contributed by atoms with E-state index in [0.29, 0.717) is 12.1 Å². The van der Waals surface area contributed by atoms with Crippen molar-refractivity contribution < 1.29 is 9.90 Å². The number of nitrogens with zero attached hydrogens (tertiary/aromatic N) is 1. The third-order valence-electron chi connectivity index (χ3n) is 2.35. The lowest BCUT2D eigenvalue weighted by atomic mass is 10.1. The highest BCUT2D eigenvalue weighted by Gasteiger charge is 2.02. The van der Waals surface area contributed by atoms with Crippen molar-refractivity contribution in [3.63, 3.8) is 0 Å². The zero-order chi connectivity index (χ0) is 12.1. The van der Waals surface area contributed by atoms with Gasteiger partial charge in [0.2, 0.25) is 0 Å². The van der Waals surface area contributed by atoms with E-state index in [4.69, 9.17) is 5.11 Å². The summed E-state index contributed by atoms with van der Waals surface area (Å²) in [6.45, 7) is 0.588. The minimum Gasteiger partial charge on any atom is -0.478 e. The van der Waals surface area contributed by atoms with Crippen molar-refractivity contribution in [2.75, 3.05) is 5.32 Å². The molecule has 0 saturated carbocycles. The van der Waals surface area contributed by atoms with Gasteiger partial charge in [0, 0.05) is 24.6 Å². The third-order valence-corrected chi connectivity index (χ3v) is 2.35. The van der Waals surface area contributed by atoms with E-state index in [1.807, 2.05) is 18.2 Å². The van der Waals surface area contributed by atoms with Crippen LogP contribution < -0.4 is 5.32 Å². The van der Waals surface area contributed by atoms with Gasteiger partial charge in [-0.15, -0.1) is 0 Å². The van der Waals surface area contributed by atoms with Crippen LogP contribution in [0.3, 0.4) is 0 Å². The Hall–Kier alpha value is -2.36. The lowest BCUT2D eigenvalue weighted by molar-refractivity contribution is 0.0697. The maximum absolute atomic E-state index is 10.8. The Morgan fingerprint density at radius 1 is 1.24 bits per heavy atom. The molecule has 0 amide bonds. The van der Waals surface area contributed by atoms with Crippen molar-refractivity contribution >= 4 is 11.7 Å². The first-order valence-corrected chi connectivity index (χ1v) is 5.22. The molecule has 0 fully saturated rings. The molecule has 1 aromatic carbocycles. The number of nitrogens with one attached hydrogen (secondary N) is 1. The first kappa shape index (κ1) is 11.1. The number of carboxylic acids is 1. The molecule has 4 nitrogen and oxygen atoms in total. The Morgan fingerprint density at radius 2 is 2.00 bits per heavy atom. The van der Waals surface area contributed by atoms with Crippen LogP contribution in [0.15, 0.2) is 48.8 Å². The zero-order valence-corrected chi connectivity index (χ0v) is 9.13. The minimum atomic E-state index is -0.907. The van der Waals surface area contributed by atoms with Crippen LogP contribution in [0, 0.1) is 0 Å². The van der Waals surface area contributed by atoms with Gasteiger partial charge < -0.3 is 10.4 Å². The number of rotatable bonds is 4. The van der Waals surface area contributed by atoms with Crippen molar-refractivity contribution in [2.24, 2.45) is 0 Å². The molecule has 0 aliphatic heterocycles. The van der Waals surface area contributed by atoms with Crippen molar-refractivity contribution in [1.82, 2.24) is 4.98 Å². The molecule has 0 saturated heterocycles. The van der Waals surface area contributed by atoms with Crippen molar-refractivity contribution in [2.45, 2.75) is 6.54 Å². The molecule has 0 spiro atoms. The van der Waals surface area contributed by atoms with Crippen molar-refractivity contribution in [3.8, 4) is 0 Å². The molecule has 0 aliphatic rings. The van der Waals surface area contributed by atoms with Crippen LogP contribution in [0.4, 0.5) is 5.69 Å². The van der Waals surface area contributed by atoms with Gasteiger partial charge in [0.25, 0.3) is 0 Å². The van der Waals surface area contributed by atoms with Gasteiger partial charge in [-0.25, -0.2) is 4.79 Å². The Morgan fingerprint density at radius 3 is 2.71 bits per heavy atom. The van der Waals surface area contributed by atoms with E-state index in [1.54, 1.807) is 30.6 Å². The second-order valence-corrected chi connectivity index (χ2v) is 3.59. The second kappa shape index (κ2) is 5.12. The summed E-state index contributed by atoms with van der Waals surface area (Å²) < 4.78 is 0. The Kier molecular flexibility index (Phi) is 3.35. The minimum absolute atomic E-state index is 0.305. The fourth-order valence-corrected chi connectivity index (χ4v) is 1.49. The topological polar surface area (TPSA) is 62.2 Å². The third kappa shape index (κ3) is 3.04. The molecule has 86 valence electrons. The lowest BCUT2D eigenvalue weighted by Crippen LogP contribution is -2.02. The number of benzene rings is 1. The molecule has 1 heterocycles. The highest BCUT2D eigenvalue weighted by molar-refractivity contribution is 5.87. The molecule has 0 aliphatic carbocycles. The normalized spacial score (nSPS) is 9.88. The molecular formula is C13H12N2O2. The molecule has 0 radical (unpaired) electrons. The summed E-state index contributed by atoms with van der Waals surface area (Å²) >= 11 is 0. The first-order valence-electron chi connectivity index (χ1n) is 5.22. The molecule has 0 unspecified atom stereocenters. The average molecular weight is 228 g/mol. The summed E-state index contributed by atoms with van der Waals surface area (Å²) in [5.41, 5.74) is 2.20. The molecule has 1 aromatic heterocycles. The van der Waals surface area contributed by atoms with E-state index in [2.05, 4.69) is 10.3 Å². The fourth-order valence-electron chi connectivity index (χ4n) is 1.49.